The van der Waals surface area contributed by atoms with Crippen LogP contribution >= 0.6 is 0 Å². The molecule has 4 heteroatoms. The molecule has 1 spiro atoms. The van der Waals surface area contributed by atoms with Gasteiger partial charge in [-0.2, -0.15) is 0 Å². The highest BCUT2D eigenvalue weighted by Gasteiger charge is 2.39. The standard InChI is InChI=1S/C8H14N2O2/c11-7-10-6-8(12-7)2-1-4-9-5-3-8/h9H,1-6H2,(H,10,11)/t8-/m0/s1. The third-order valence-electron chi connectivity index (χ3n) is 2.61. The van der Waals surface area contributed by atoms with Crippen LogP contribution < -0.4 is 10.6 Å². The van der Waals surface area contributed by atoms with E-state index >= 15 is 0 Å². The van der Waals surface area contributed by atoms with E-state index in [0.29, 0.717) is 6.54 Å². The molecule has 1 atom stereocenters. The summed E-state index contributed by atoms with van der Waals surface area (Å²) >= 11 is 0. The van der Waals surface area contributed by atoms with Gasteiger partial charge >= 0.3 is 6.09 Å². The summed E-state index contributed by atoms with van der Waals surface area (Å²) in [4.78, 5) is 10.9. The molecule has 0 unspecified atom stereocenters. The summed E-state index contributed by atoms with van der Waals surface area (Å²) in [6, 6.07) is 0. The van der Waals surface area contributed by atoms with E-state index in [9.17, 15) is 4.79 Å². The Hall–Kier alpha value is -0.770. The molecular weight excluding hydrogens is 156 g/mol. The molecule has 2 aliphatic rings. The van der Waals surface area contributed by atoms with E-state index < -0.39 is 0 Å². The number of carbonyl (C=O) groups excluding carboxylic acids is 1. The Kier molecular flexibility index (Phi) is 1.92. The minimum Gasteiger partial charge on any atom is -0.441 e. The van der Waals surface area contributed by atoms with E-state index in [4.69, 9.17) is 4.74 Å². The fourth-order valence-corrected chi connectivity index (χ4v) is 1.88. The Morgan fingerprint density at radius 1 is 1.33 bits per heavy atom. The zero-order valence-corrected chi connectivity index (χ0v) is 7.06. The predicted molar refractivity (Wildman–Crippen MR) is 43.9 cm³/mol. The van der Waals surface area contributed by atoms with E-state index in [1.165, 1.54) is 0 Å². The Labute approximate surface area is 71.7 Å². The number of carbonyl (C=O) groups is 1. The van der Waals surface area contributed by atoms with Crippen LogP contribution in [0, 0.1) is 0 Å². The van der Waals surface area contributed by atoms with Gasteiger partial charge in [0, 0.05) is 6.42 Å². The summed E-state index contributed by atoms with van der Waals surface area (Å²) < 4.78 is 5.28. The molecule has 2 rings (SSSR count). The fraction of sp³-hybridized carbons (Fsp3) is 0.875. The Balaban J connectivity index is 2.03. The van der Waals surface area contributed by atoms with Crippen molar-refractivity contribution in [3.63, 3.8) is 0 Å². The van der Waals surface area contributed by atoms with E-state index in [0.717, 1.165) is 32.4 Å². The molecule has 0 aromatic heterocycles. The van der Waals surface area contributed by atoms with Crippen LogP contribution in [0.1, 0.15) is 19.3 Å². The largest absolute Gasteiger partial charge is 0.441 e. The van der Waals surface area contributed by atoms with E-state index in [1.54, 1.807) is 0 Å². The van der Waals surface area contributed by atoms with Crippen LogP contribution in [0.15, 0.2) is 0 Å². The molecule has 0 aromatic rings. The highest BCUT2D eigenvalue weighted by molar-refractivity contribution is 5.70. The number of rotatable bonds is 0. The summed E-state index contributed by atoms with van der Waals surface area (Å²) in [5.74, 6) is 0. The molecule has 2 saturated heterocycles. The monoisotopic (exact) mass is 170 g/mol. The number of alkyl carbamates (subject to hydrolysis) is 1. The van der Waals surface area contributed by atoms with E-state index in [2.05, 4.69) is 10.6 Å². The second-order valence-corrected chi connectivity index (χ2v) is 3.53. The smallest absolute Gasteiger partial charge is 0.407 e. The maximum atomic E-state index is 10.9. The minimum absolute atomic E-state index is 0.194. The van der Waals surface area contributed by atoms with Crippen molar-refractivity contribution >= 4 is 6.09 Å². The van der Waals surface area contributed by atoms with Gasteiger partial charge in [-0.05, 0) is 25.9 Å². The van der Waals surface area contributed by atoms with Crippen molar-refractivity contribution in [2.75, 3.05) is 19.6 Å². The topological polar surface area (TPSA) is 50.4 Å². The molecule has 68 valence electrons. The van der Waals surface area contributed by atoms with Gasteiger partial charge in [-0.1, -0.05) is 0 Å². The summed E-state index contributed by atoms with van der Waals surface area (Å²) in [7, 11) is 0. The van der Waals surface area contributed by atoms with Crippen LogP contribution in [-0.4, -0.2) is 31.3 Å². The molecule has 0 saturated carbocycles. The van der Waals surface area contributed by atoms with Crippen LogP contribution in [0.5, 0.6) is 0 Å². The molecule has 4 nitrogen and oxygen atoms in total. The summed E-state index contributed by atoms with van der Waals surface area (Å²) in [6.07, 6.45) is 2.76. The zero-order chi connectivity index (χ0) is 8.44. The lowest BCUT2D eigenvalue weighted by molar-refractivity contribution is 0.0470. The Bertz CT molecular complexity index is 185. The van der Waals surface area contributed by atoms with Crippen molar-refractivity contribution < 1.29 is 9.53 Å². The number of nitrogens with one attached hydrogen (secondary N) is 2. The van der Waals surface area contributed by atoms with Crippen LogP contribution in [0.3, 0.4) is 0 Å². The van der Waals surface area contributed by atoms with Gasteiger partial charge in [-0.15, -0.1) is 0 Å². The fourth-order valence-electron chi connectivity index (χ4n) is 1.88. The van der Waals surface area contributed by atoms with Crippen molar-refractivity contribution in [3.05, 3.63) is 0 Å². The van der Waals surface area contributed by atoms with Crippen molar-refractivity contribution in [1.29, 1.82) is 0 Å². The van der Waals surface area contributed by atoms with Gasteiger partial charge in [-0.3, -0.25) is 0 Å². The summed E-state index contributed by atoms with van der Waals surface area (Å²) in [5.41, 5.74) is -0.194. The molecule has 2 heterocycles. The molecule has 0 aromatic carbocycles. The summed E-state index contributed by atoms with van der Waals surface area (Å²) in [6.45, 7) is 2.68. The molecule has 2 aliphatic heterocycles. The average molecular weight is 170 g/mol. The molecule has 0 aliphatic carbocycles. The van der Waals surface area contributed by atoms with E-state index in [-0.39, 0.29) is 11.7 Å². The minimum atomic E-state index is -0.253. The molecule has 2 fully saturated rings. The van der Waals surface area contributed by atoms with Gasteiger partial charge in [-0.25, -0.2) is 4.79 Å². The van der Waals surface area contributed by atoms with Gasteiger partial charge in [0.2, 0.25) is 0 Å². The first-order valence-electron chi connectivity index (χ1n) is 4.48. The number of ether oxygens (including phenoxy) is 1. The van der Waals surface area contributed by atoms with Gasteiger partial charge in [0.1, 0.15) is 5.60 Å². The van der Waals surface area contributed by atoms with E-state index in [1.807, 2.05) is 0 Å². The molecular formula is C8H14N2O2. The van der Waals surface area contributed by atoms with Gasteiger partial charge < -0.3 is 15.4 Å². The SMILES string of the molecule is O=C1NC[C@@]2(CCCNCC2)O1. The lowest BCUT2D eigenvalue weighted by Gasteiger charge is -2.23. The van der Waals surface area contributed by atoms with Crippen molar-refractivity contribution in [2.45, 2.75) is 24.9 Å². The van der Waals surface area contributed by atoms with Crippen LogP contribution in [0.4, 0.5) is 4.79 Å². The maximum Gasteiger partial charge on any atom is 0.407 e. The first-order chi connectivity index (χ1) is 5.81. The van der Waals surface area contributed by atoms with Gasteiger partial charge in [0.05, 0.1) is 6.54 Å². The van der Waals surface area contributed by atoms with Crippen molar-refractivity contribution in [2.24, 2.45) is 0 Å². The van der Waals surface area contributed by atoms with Crippen LogP contribution in [-0.2, 0) is 4.74 Å². The first kappa shape index (κ1) is 7.86. The number of amides is 1. The second-order valence-electron chi connectivity index (χ2n) is 3.53. The highest BCUT2D eigenvalue weighted by Crippen LogP contribution is 2.26. The van der Waals surface area contributed by atoms with Crippen LogP contribution in [0.25, 0.3) is 0 Å². The van der Waals surface area contributed by atoms with Crippen LogP contribution in [0.2, 0.25) is 0 Å². The Morgan fingerprint density at radius 2 is 2.25 bits per heavy atom. The highest BCUT2D eigenvalue weighted by atomic mass is 16.6. The number of hydrogen-bond acceptors (Lipinski definition) is 3. The lowest BCUT2D eigenvalue weighted by Crippen LogP contribution is -2.34. The molecule has 0 radical (unpaired) electrons. The molecule has 0 bridgehead atoms. The third-order valence-corrected chi connectivity index (χ3v) is 2.61. The van der Waals surface area contributed by atoms with Gasteiger partial charge in [0.25, 0.3) is 0 Å². The molecule has 12 heavy (non-hydrogen) atoms. The maximum absolute atomic E-state index is 10.9. The normalized spacial score (nSPS) is 35.8. The average Bonchev–Trinajstić information content (AvgIpc) is 2.30. The summed E-state index contributed by atoms with van der Waals surface area (Å²) in [5, 5.41) is 6.01. The van der Waals surface area contributed by atoms with Crippen molar-refractivity contribution in [3.8, 4) is 0 Å². The second kappa shape index (κ2) is 2.94. The van der Waals surface area contributed by atoms with Crippen molar-refractivity contribution in [1.82, 2.24) is 10.6 Å². The lowest BCUT2D eigenvalue weighted by atomic mass is 9.95. The first-order valence-corrected chi connectivity index (χ1v) is 4.48. The predicted octanol–water partition coefficient (Wildman–Crippen LogP) is 0.238. The Morgan fingerprint density at radius 3 is 3.00 bits per heavy atom. The van der Waals surface area contributed by atoms with Gasteiger partial charge in [0.15, 0.2) is 0 Å². The molecule has 2 N–H and O–H groups in total. The third kappa shape index (κ3) is 1.39. The zero-order valence-electron chi connectivity index (χ0n) is 7.06. The molecule has 1 amide bonds. The quantitative estimate of drug-likeness (QED) is 0.547. The number of hydrogen-bond donors (Lipinski definition) is 2.